The molecule has 0 unspecified atom stereocenters. The average Bonchev–Trinajstić information content (AvgIpc) is 2.39. The summed E-state index contributed by atoms with van der Waals surface area (Å²) in [5.74, 6) is 0.624. The fourth-order valence-electron chi connectivity index (χ4n) is 2.71. The van der Waals surface area contributed by atoms with E-state index in [0.29, 0.717) is 5.92 Å². The molecule has 1 aromatic rings. The van der Waals surface area contributed by atoms with Crippen molar-refractivity contribution in [2.24, 2.45) is 0 Å². The zero-order valence-corrected chi connectivity index (χ0v) is 11.5. The minimum Gasteiger partial charge on any atom is -0.371 e. The van der Waals surface area contributed by atoms with Crippen LogP contribution in [0.5, 0.6) is 0 Å². The first kappa shape index (κ1) is 12.5. The van der Waals surface area contributed by atoms with Crippen molar-refractivity contribution in [3.05, 3.63) is 29.3 Å². The van der Waals surface area contributed by atoms with E-state index in [2.05, 4.69) is 43.9 Å². The van der Waals surface area contributed by atoms with Crippen LogP contribution < -0.4 is 4.90 Å². The second-order valence-corrected chi connectivity index (χ2v) is 5.45. The van der Waals surface area contributed by atoms with Crippen LogP contribution in [0, 0.1) is 0 Å². The number of hydrogen-bond acceptors (Lipinski definition) is 1. The van der Waals surface area contributed by atoms with Gasteiger partial charge in [0.25, 0.3) is 0 Å². The third-order valence-electron chi connectivity index (χ3n) is 3.82. The van der Waals surface area contributed by atoms with Crippen molar-refractivity contribution in [3.8, 4) is 0 Å². The van der Waals surface area contributed by atoms with Gasteiger partial charge < -0.3 is 4.90 Å². The third-order valence-corrected chi connectivity index (χ3v) is 3.82. The fraction of sp³-hybridized carbons (Fsp3) is 0.625. The van der Waals surface area contributed by atoms with E-state index in [1.165, 1.54) is 49.2 Å². The molecule has 1 aliphatic heterocycles. The molecule has 17 heavy (non-hydrogen) atoms. The maximum atomic E-state index is 2.58. The van der Waals surface area contributed by atoms with Crippen molar-refractivity contribution in [2.45, 2.75) is 52.4 Å². The number of nitrogens with zero attached hydrogens (tertiary/aromatic N) is 1. The summed E-state index contributed by atoms with van der Waals surface area (Å²) < 4.78 is 0. The van der Waals surface area contributed by atoms with Gasteiger partial charge >= 0.3 is 0 Å². The molecule has 1 aromatic carbocycles. The van der Waals surface area contributed by atoms with Gasteiger partial charge in [-0.1, -0.05) is 32.9 Å². The van der Waals surface area contributed by atoms with Crippen LogP contribution in [0.1, 0.15) is 57.1 Å². The van der Waals surface area contributed by atoms with Crippen LogP contribution in [0.15, 0.2) is 18.2 Å². The van der Waals surface area contributed by atoms with Gasteiger partial charge in [0.1, 0.15) is 0 Å². The van der Waals surface area contributed by atoms with Gasteiger partial charge in [0.15, 0.2) is 0 Å². The summed E-state index contributed by atoms with van der Waals surface area (Å²) in [4.78, 5) is 2.58. The molecule has 94 valence electrons. The monoisotopic (exact) mass is 231 g/mol. The number of anilines is 1. The van der Waals surface area contributed by atoms with Crippen LogP contribution in [0.2, 0.25) is 0 Å². The smallest absolute Gasteiger partial charge is 0.0401 e. The summed E-state index contributed by atoms with van der Waals surface area (Å²) in [7, 11) is 0. The van der Waals surface area contributed by atoms with Crippen LogP contribution in [0.3, 0.4) is 0 Å². The van der Waals surface area contributed by atoms with Crippen LogP contribution >= 0.6 is 0 Å². The second kappa shape index (κ2) is 5.57. The molecule has 0 amide bonds. The average molecular weight is 231 g/mol. The highest BCUT2D eigenvalue weighted by atomic mass is 15.1. The highest BCUT2D eigenvalue weighted by molar-refractivity contribution is 5.56. The van der Waals surface area contributed by atoms with Crippen molar-refractivity contribution < 1.29 is 0 Å². The van der Waals surface area contributed by atoms with Gasteiger partial charge in [-0.3, -0.25) is 0 Å². The number of aryl methyl sites for hydroxylation is 1. The summed E-state index contributed by atoms with van der Waals surface area (Å²) in [6.45, 7) is 9.33. The maximum Gasteiger partial charge on any atom is 0.0401 e. The Bertz CT molecular complexity index is 362. The summed E-state index contributed by atoms with van der Waals surface area (Å²) in [6, 6.07) is 7.06. The van der Waals surface area contributed by atoms with E-state index in [4.69, 9.17) is 0 Å². The molecule has 1 heteroatoms. The molecular weight excluding hydrogens is 206 g/mol. The van der Waals surface area contributed by atoms with Crippen molar-refractivity contribution in [1.29, 1.82) is 0 Å². The number of rotatable bonds is 3. The van der Waals surface area contributed by atoms with Gasteiger partial charge in [0.05, 0.1) is 0 Å². The lowest BCUT2D eigenvalue weighted by Gasteiger charge is -2.31. The first-order valence-electron chi connectivity index (χ1n) is 7.10. The summed E-state index contributed by atoms with van der Waals surface area (Å²) >= 11 is 0. The van der Waals surface area contributed by atoms with Gasteiger partial charge in [-0.2, -0.15) is 0 Å². The summed E-state index contributed by atoms with van der Waals surface area (Å²) in [5.41, 5.74) is 4.48. The SMILES string of the molecule is CCc1ccc(N2CCCCC2)c(C(C)C)c1. The predicted octanol–water partition coefficient (Wildman–Crippen LogP) is 4.36. The number of piperidine rings is 1. The Hall–Kier alpha value is -0.980. The minimum absolute atomic E-state index is 0.624. The van der Waals surface area contributed by atoms with E-state index in [1.807, 2.05) is 0 Å². The summed E-state index contributed by atoms with van der Waals surface area (Å²) in [5, 5.41) is 0. The first-order chi connectivity index (χ1) is 8.22. The number of benzene rings is 1. The maximum absolute atomic E-state index is 2.58. The Morgan fingerprint density at radius 1 is 1.12 bits per heavy atom. The molecule has 1 fully saturated rings. The van der Waals surface area contributed by atoms with Crippen molar-refractivity contribution in [3.63, 3.8) is 0 Å². The van der Waals surface area contributed by atoms with Gasteiger partial charge in [-0.25, -0.2) is 0 Å². The van der Waals surface area contributed by atoms with Gasteiger partial charge in [-0.15, -0.1) is 0 Å². The second-order valence-electron chi connectivity index (χ2n) is 5.45. The number of hydrogen-bond donors (Lipinski definition) is 0. The molecule has 0 atom stereocenters. The van der Waals surface area contributed by atoms with Crippen LogP contribution in [-0.2, 0) is 6.42 Å². The zero-order valence-electron chi connectivity index (χ0n) is 11.5. The van der Waals surface area contributed by atoms with Gasteiger partial charge in [-0.05, 0) is 48.8 Å². The topological polar surface area (TPSA) is 3.24 Å². The minimum atomic E-state index is 0.624. The molecule has 1 saturated heterocycles. The summed E-state index contributed by atoms with van der Waals surface area (Å²) in [6.07, 6.45) is 5.25. The standard InChI is InChI=1S/C16H25N/c1-4-14-8-9-16(15(12-14)13(2)3)17-10-6-5-7-11-17/h8-9,12-13H,4-7,10-11H2,1-3H3. The zero-order chi connectivity index (χ0) is 12.3. The lowest BCUT2D eigenvalue weighted by Crippen LogP contribution is -2.30. The largest absolute Gasteiger partial charge is 0.371 e. The van der Waals surface area contributed by atoms with Crippen LogP contribution in [0.25, 0.3) is 0 Å². The molecule has 0 radical (unpaired) electrons. The Balaban J connectivity index is 2.31. The molecule has 0 bridgehead atoms. The Labute approximate surface area is 106 Å². The van der Waals surface area contributed by atoms with Crippen molar-refractivity contribution in [1.82, 2.24) is 0 Å². The van der Waals surface area contributed by atoms with E-state index in [9.17, 15) is 0 Å². The lowest BCUT2D eigenvalue weighted by molar-refractivity contribution is 0.575. The highest BCUT2D eigenvalue weighted by Gasteiger charge is 2.16. The first-order valence-corrected chi connectivity index (χ1v) is 7.10. The fourth-order valence-corrected chi connectivity index (χ4v) is 2.71. The van der Waals surface area contributed by atoms with E-state index in [0.717, 1.165) is 6.42 Å². The molecule has 0 spiro atoms. The third kappa shape index (κ3) is 2.83. The van der Waals surface area contributed by atoms with Gasteiger partial charge in [0.2, 0.25) is 0 Å². The van der Waals surface area contributed by atoms with E-state index in [-0.39, 0.29) is 0 Å². The molecule has 2 rings (SSSR count). The van der Waals surface area contributed by atoms with Gasteiger partial charge in [0, 0.05) is 18.8 Å². The Morgan fingerprint density at radius 2 is 1.82 bits per heavy atom. The van der Waals surface area contributed by atoms with Crippen molar-refractivity contribution >= 4 is 5.69 Å². The van der Waals surface area contributed by atoms with Crippen LogP contribution in [0.4, 0.5) is 5.69 Å². The van der Waals surface area contributed by atoms with E-state index < -0.39 is 0 Å². The van der Waals surface area contributed by atoms with E-state index >= 15 is 0 Å². The molecule has 0 aliphatic carbocycles. The molecule has 1 heterocycles. The molecule has 1 nitrogen and oxygen atoms in total. The van der Waals surface area contributed by atoms with Crippen LogP contribution in [-0.4, -0.2) is 13.1 Å². The van der Waals surface area contributed by atoms with Crippen molar-refractivity contribution in [2.75, 3.05) is 18.0 Å². The highest BCUT2D eigenvalue weighted by Crippen LogP contribution is 2.30. The Morgan fingerprint density at radius 3 is 2.41 bits per heavy atom. The molecule has 0 aromatic heterocycles. The van der Waals surface area contributed by atoms with E-state index in [1.54, 1.807) is 0 Å². The molecule has 1 aliphatic rings. The molecule has 0 saturated carbocycles. The molecular formula is C16H25N. The lowest BCUT2D eigenvalue weighted by atomic mass is 9.96. The normalized spacial score (nSPS) is 16.6. The molecule has 0 N–H and O–H groups in total. The predicted molar refractivity (Wildman–Crippen MR) is 76.0 cm³/mol. The Kier molecular flexibility index (Phi) is 4.09. The quantitative estimate of drug-likeness (QED) is 0.747.